The van der Waals surface area contributed by atoms with Crippen LogP contribution in [0.2, 0.25) is 0 Å². The first-order chi connectivity index (χ1) is 16.0. The normalized spacial score (nSPS) is 13.0. The lowest BCUT2D eigenvalue weighted by Crippen LogP contribution is -2.21. The molecule has 1 aliphatic carbocycles. The topological polar surface area (TPSA) is 59.5 Å². The highest BCUT2D eigenvalue weighted by Gasteiger charge is 2.28. The Morgan fingerprint density at radius 1 is 1.03 bits per heavy atom. The van der Waals surface area contributed by atoms with Gasteiger partial charge in [-0.25, -0.2) is 9.97 Å². The maximum Gasteiger partial charge on any atom is 0.148 e. The molecule has 0 saturated carbocycles. The van der Waals surface area contributed by atoms with Crippen molar-refractivity contribution in [3.8, 4) is 22.8 Å². The summed E-state index contributed by atoms with van der Waals surface area (Å²) in [6.45, 7) is 10.2. The van der Waals surface area contributed by atoms with E-state index in [9.17, 15) is 0 Å². The zero-order valence-corrected chi connectivity index (χ0v) is 21.7. The van der Waals surface area contributed by atoms with Crippen molar-refractivity contribution in [3.05, 3.63) is 28.6 Å². The Hall–Kier alpha value is -2.34. The van der Waals surface area contributed by atoms with Gasteiger partial charge in [0, 0.05) is 12.6 Å². The van der Waals surface area contributed by atoms with E-state index in [1.165, 1.54) is 11.1 Å². The molecule has 0 saturated heterocycles. The van der Waals surface area contributed by atoms with Crippen LogP contribution in [-0.2, 0) is 25.7 Å². The van der Waals surface area contributed by atoms with Crippen LogP contribution in [-0.4, -0.2) is 55.3 Å². The lowest BCUT2D eigenvalue weighted by molar-refractivity contribution is 0.259. The zero-order valence-electron chi connectivity index (χ0n) is 21.7. The summed E-state index contributed by atoms with van der Waals surface area (Å²) in [6.07, 6.45) is 6.99. The highest BCUT2D eigenvalue weighted by atomic mass is 16.5. The predicted octanol–water partition coefficient (Wildman–Crippen LogP) is 5.31. The van der Waals surface area contributed by atoms with Gasteiger partial charge in [-0.2, -0.15) is 0 Å². The number of fused-ring (bicyclic) bond motifs is 1. The molecule has 0 radical (unpaired) electrons. The van der Waals surface area contributed by atoms with E-state index in [0.29, 0.717) is 12.6 Å². The van der Waals surface area contributed by atoms with E-state index in [0.717, 1.165) is 91.5 Å². The molecule has 1 N–H and O–H groups in total. The number of ether oxygens (including phenoxy) is 2. The van der Waals surface area contributed by atoms with E-state index < -0.39 is 0 Å². The summed E-state index contributed by atoms with van der Waals surface area (Å²) in [5.41, 5.74) is 6.49. The van der Waals surface area contributed by atoms with Crippen LogP contribution in [0, 0.1) is 0 Å². The number of nitrogens with zero attached hydrogens (tertiary/aromatic N) is 3. The Bertz CT molecular complexity index is 938. The minimum atomic E-state index is 0.402. The molecule has 1 heterocycles. The second-order valence-corrected chi connectivity index (χ2v) is 9.10. The quantitative estimate of drug-likeness (QED) is 0.469. The maximum absolute atomic E-state index is 6.49. The Morgan fingerprint density at radius 2 is 1.76 bits per heavy atom. The van der Waals surface area contributed by atoms with Crippen LogP contribution in [0.1, 0.15) is 69.5 Å². The fraction of sp³-hybridized carbons (Fsp3) is 0.630. The van der Waals surface area contributed by atoms with E-state index >= 15 is 0 Å². The highest BCUT2D eigenvalue weighted by Crippen LogP contribution is 2.46. The van der Waals surface area contributed by atoms with Crippen molar-refractivity contribution < 1.29 is 9.47 Å². The van der Waals surface area contributed by atoms with Gasteiger partial charge >= 0.3 is 0 Å². The molecule has 6 heteroatoms. The fourth-order valence-corrected chi connectivity index (χ4v) is 4.55. The van der Waals surface area contributed by atoms with Gasteiger partial charge < -0.3 is 19.7 Å². The van der Waals surface area contributed by atoms with Crippen LogP contribution in [0.4, 0.5) is 5.82 Å². The summed E-state index contributed by atoms with van der Waals surface area (Å²) in [7, 11) is 5.88. The average Bonchev–Trinajstić information content (AvgIpc) is 3.30. The van der Waals surface area contributed by atoms with Crippen LogP contribution >= 0.6 is 0 Å². The summed E-state index contributed by atoms with van der Waals surface area (Å²) < 4.78 is 12.4. The van der Waals surface area contributed by atoms with Crippen molar-refractivity contribution >= 4 is 5.82 Å². The highest BCUT2D eigenvalue weighted by molar-refractivity contribution is 5.79. The van der Waals surface area contributed by atoms with Gasteiger partial charge in [-0.05, 0) is 76.2 Å². The molecule has 3 rings (SSSR count). The SMILES string of the molecule is CCc1nc(-c2c(OC)cc3c(c2OCCN(C)C)CCC3)c(CC)nc1NC(CC)CC. The van der Waals surface area contributed by atoms with Gasteiger partial charge in [0.1, 0.15) is 23.9 Å². The van der Waals surface area contributed by atoms with Crippen molar-refractivity contribution in [2.24, 2.45) is 0 Å². The number of rotatable bonds is 12. The van der Waals surface area contributed by atoms with Crippen molar-refractivity contribution in [2.45, 2.75) is 78.7 Å². The molecule has 0 fully saturated rings. The van der Waals surface area contributed by atoms with E-state index in [1.54, 1.807) is 7.11 Å². The number of methoxy groups -OCH3 is 1. The molecule has 6 nitrogen and oxygen atoms in total. The number of likely N-dealkylation sites (N-methyl/N-ethyl adjacent to an activating group) is 1. The van der Waals surface area contributed by atoms with Gasteiger partial charge in [0.05, 0.1) is 29.8 Å². The molecule has 0 bridgehead atoms. The van der Waals surface area contributed by atoms with Crippen LogP contribution in [0.25, 0.3) is 11.3 Å². The molecule has 33 heavy (non-hydrogen) atoms. The Kier molecular flexibility index (Phi) is 8.95. The second-order valence-electron chi connectivity index (χ2n) is 9.10. The van der Waals surface area contributed by atoms with E-state index in [1.807, 2.05) is 0 Å². The first kappa shape index (κ1) is 25.3. The average molecular weight is 455 g/mol. The van der Waals surface area contributed by atoms with E-state index in [-0.39, 0.29) is 0 Å². The lowest BCUT2D eigenvalue weighted by atomic mass is 9.98. The number of anilines is 1. The molecule has 182 valence electrons. The molecule has 0 aliphatic heterocycles. The van der Waals surface area contributed by atoms with Crippen LogP contribution in [0.3, 0.4) is 0 Å². The number of aryl methyl sites for hydroxylation is 3. The van der Waals surface area contributed by atoms with Crippen molar-refractivity contribution in [2.75, 3.05) is 39.7 Å². The molecule has 0 atom stereocenters. The van der Waals surface area contributed by atoms with Gasteiger partial charge in [-0.3, -0.25) is 0 Å². The largest absolute Gasteiger partial charge is 0.496 e. The van der Waals surface area contributed by atoms with Gasteiger partial charge in [0.15, 0.2) is 0 Å². The first-order valence-corrected chi connectivity index (χ1v) is 12.6. The minimum Gasteiger partial charge on any atom is -0.496 e. The molecule has 0 amide bonds. The smallest absolute Gasteiger partial charge is 0.148 e. The van der Waals surface area contributed by atoms with Gasteiger partial charge in [0.2, 0.25) is 0 Å². The molecule has 0 spiro atoms. The number of benzene rings is 1. The van der Waals surface area contributed by atoms with Crippen molar-refractivity contribution in [1.29, 1.82) is 0 Å². The van der Waals surface area contributed by atoms with Gasteiger partial charge in [0.25, 0.3) is 0 Å². The Labute approximate surface area is 200 Å². The van der Waals surface area contributed by atoms with Crippen molar-refractivity contribution in [3.63, 3.8) is 0 Å². The summed E-state index contributed by atoms with van der Waals surface area (Å²) in [5.74, 6) is 2.69. The molecule has 1 aromatic heterocycles. The number of nitrogens with one attached hydrogen (secondary N) is 1. The number of hydrogen-bond donors (Lipinski definition) is 1. The third-order valence-electron chi connectivity index (χ3n) is 6.59. The third-order valence-corrected chi connectivity index (χ3v) is 6.59. The van der Waals surface area contributed by atoms with Crippen LogP contribution < -0.4 is 14.8 Å². The first-order valence-electron chi connectivity index (χ1n) is 12.6. The monoisotopic (exact) mass is 454 g/mol. The molecular weight excluding hydrogens is 412 g/mol. The fourth-order valence-electron chi connectivity index (χ4n) is 4.55. The second kappa shape index (κ2) is 11.7. The molecular formula is C27H42N4O2. The number of hydrogen-bond acceptors (Lipinski definition) is 6. The molecule has 1 aliphatic rings. The van der Waals surface area contributed by atoms with Gasteiger partial charge in [-0.1, -0.05) is 27.7 Å². The van der Waals surface area contributed by atoms with E-state index in [4.69, 9.17) is 19.4 Å². The summed E-state index contributed by atoms with van der Waals surface area (Å²) in [4.78, 5) is 12.4. The summed E-state index contributed by atoms with van der Waals surface area (Å²) in [6, 6.07) is 2.60. The maximum atomic E-state index is 6.49. The zero-order chi connectivity index (χ0) is 24.0. The van der Waals surface area contributed by atoms with E-state index in [2.05, 4.69) is 58.1 Å². The Morgan fingerprint density at radius 3 is 2.36 bits per heavy atom. The summed E-state index contributed by atoms with van der Waals surface area (Å²) >= 11 is 0. The molecule has 1 aromatic carbocycles. The van der Waals surface area contributed by atoms with Crippen LogP contribution in [0.5, 0.6) is 11.5 Å². The third kappa shape index (κ3) is 5.60. The molecule has 2 aromatic rings. The Balaban J connectivity index is 2.17. The van der Waals surface area contributed by atoms with Crippen molar-refractivity contribution in [1.82, 2.24) is 14.9 Å². The minimum absolute atomic E-state index is 0.402. The summed E-state index contributed by atoms with van der Waals surface area (Å²) in [5, 5.41) is 3.64. The van der Waals surface area contributed by atoms with Gasteiger partial charge in [-0.15, -0.1) is 0 Å². The predicted molar refractivity (Wildman–Crippen MR) is 137 cm³/mol. The lowest BCUT2D eigenvalue weighted by Gasteiger charge is -2.23. The van der Waals surface area contributed by atoms with Crippen LogP contribution in [0.15, 0.2) is 6.07 Å². The standard InChI is InChI=1S/C27H42N4O2/c1-8-19(9-2)28-27-22(11-4)29-25(21(10-3)30-27)24-23(32-7)17-18-13-12-14-20(18)26(24)33-16-15-31(5)6/h17,19H,8-16H2,1-7H3,(H,28,30). The molecule has 0 unspecified atom stereocenters. The number of aromatic nitrogens is 2.